The highest BCUT2D eigenvalue weighted by atomic mass is 16.5. The lowest BCUT2D eigenvalue weighted by atomic mass is 9.54. The molecule has 1 N–H and O–H groups in total. The summed E-state index contributed by atoms with van der Waals surface area (Å²) in [6.07, 6.45) is 1.64. The zero-order chi connectivity index (χ0) is 15.9. The lowest BCUT2D eigenvalue weighted by molar-refractivity contribution is 0.0128. The fourth-order valence-electron chi connectivity index (χ4n) is 4.29. The lowest BCUT2D eigenvalue weighted by Crippen LogP contribution is -2.55. The highest BCUT2D eigenvalue weighted by molar-refractivity contribution is 5.87. The molecule has 23 heavy (non-hydrogen) atoms. The molecular formula is C20H18N2O. The molecule has 3 nitrogen and oxygen atoms in total. The van der Waals surface area contributed by atoms with Crippen LogP contribution in [0.3, 0.4) is 0 Å². The van der Waals surface area contributed by atoms with Crippen LogP contribution < -0.4 is 0 Å². The molecular weight excluding hydrogens is 284 g/mol. The zero-order valence-electron chi connectivity index (χ0n) is 12.8. The molecule has 3 heteroatoms. The maximum Gasteiger partial charge on any atom is 0.203 e. The minimum absolute atomic E-state index is 0.0129. The minimum Gasteiger partial charge on any atom is -0.477 e. The average Bonchev–Trinajstić information content (AvgIpc) is 2.62. The Bertz CT molecular complexity index is 714. The normalized spacial score (nSPS) is 32.1. The second kappa shape index (κ2) is 5.24. The molecule has 1 saturated carbocycles. The van der Waals surface area contributed by atoms with Gasteiger partial charge < -0.3 is 4.74 Å². The van der Waals surface area contributed by atoms with E-state index in [1.807, 2.05) is 36.4 Å². The predicted octanol–water partition coefficient (Wildman–Crippen LogP) is 4.23. The van der Waals surface area contributed by atoms with Crippen LogP contribution in [0.15, 0.2) is 60.7 Å². The van der Waals surface area contributed by atoms with Crippen molar-refractivity contribution in [3.63, 3.8) is 0 Å². The van der Waals surface area contributed by atoms with Gasteiger partial charge in [0.1, 0.15) is 11.5 Å². The summed E-state index contributed by atoms with van der Waals surface area (Å²) < 4.78 is 5.74. The molecule has 3 fully saturated rings. The van der Waals surface area contributed by atoms with Gasteiger partial charge in [-0.05, 0) is 24.0 Å². The van der Waals surface area contributed by atoms with Crippen molar-refractivity contribution in [3.8, 4) is 6.07 Å². The van der Waals surface area contributed by atoms with Crippen LogP contribution in [0.5, 0.6) is 0 Å². The number of fused-ring (bicyclic) bond motifs is 3. The third-order valence-corrected chi connectivity index (χ3v) is 5.35. The van der Waals surface area contributed by atoms with Gasteiger partial charge in [0.25, 0.3) is 0 Å². The summed E-state index contributed by atoms with van der Waals surface area (Å²) in [5.74, 6) is 0.169. The molecule has 0 radical (unpaired) electrons. The van der Waals surface area contributed by atoms with Gasteiger partial charge in [0.15, 0.2) is 0 Å². The molecule has 2 saturated heterocycles. The van der Waals surface area contributed by atoms with E-state index in [1.165, 1.54) is 0 Å². The molecule has 5 rings (SSSR count). The van der Waals surface area contributed by atoms with Crippen LogP contribution in [0.25, 0.3) is 0 Å². The molecule has 0 aromatic heterocycles. The van der Waals surface area contributed by atoms with E-state index in [4.69, 9.17) is 10.1 Å². The van der Waals surface area contributed by atoms with Crippen LogP contribution in [0.4, 0.5) is 0 Å². The Balaban J connectivity index is 1.87. The van der Waals surface area contributed by atoms with Crippen molar-refractivity contribution in [3.05, 3.63) is 71.8 Å². The Labute approximate surface area is 136 Å². The summed E-state index contributed by atoms with van der Waals surface area (Å²) in [4.78, 5) is 0. The number of nitrogens with zero attached hydrogens (tertiary/aromatic N) is 1. The fourth-order valence-corrected chi connectivity index (χ4v) is 4.29. The van der Waals surface area contributed by atoms with Gasteiger partial charge in [-0.3, -0.25) is 5.41 Å². The van der Waals surface area contributed by atoms with Crippen molar-refractivity contribution in [1.29, 1.82) is 10.7 Å². The molecule has 3 aliphatic rings. The summed E-state index contributed by atoms with van der Waals surface area (Å²) in [5, 5.41) is 18.6. The monoisotopic (exact) mass is 302 g/mol. The third-order valence-electron chi connectivity index (χ3n) is 5.35. The summed E-state index contributed by atoms with van der Waals surface area (Å²) in [7, 11) is 0. The number of rotatable bonds is 2. The summed E-state index contributed by atoms with van der Waals surface area (Å²) in [6.45, 7) is 0. The van der Waals surface area contributed by atoms with E-state index < -0.39 is 5.41 Å². The third kappa shape index (κ3) is 1.98. The van der Waals surface area contributed by atoms with Gasteiger partial charge in [-0.25, -0.2) is 0 Å². The summed E-state index contributed by atoms with van der Waals surface area (Å²) in [6, 6.07) is 22.8. The first-order valence-corrected chi connectivity index (χ1v) is 8.02. The Hall–Kier alpha value is -2.60. The van der Waals surface area contributed by atoms with E-state index in [0.717, 1.165) is 24.0 Å². The maximum absolute atomic E-state index is 10.1. The number of hydrogen-bond donors (Lipinski definition) is 1. The maximum atomic E-state index is 10.1. The molecule has 2 aromatic rings. The molecule has 0 amide bonds. The molecule has 2 aromatic carbocycles. The average molecular weight is 302 g/mol. The number of nitrogens with one attached hydrogen (secondary N) is 1. The van der Waals surface area contributed by atoms with Crippen molar-refractivity contribution in [1.82, 2.24) is 0 Å². The van der Waals surface area contributed by atoms with Gasteiger partial charge >= 0.3 is 0 Å². The molecule has 2 aliphatic heterocycles. The topological polar surface area (TPSA) is 56.9 Å². The molecule has 2 heterocycles. The molecule has 2 atom stereocenters. The minimum atomic E-state index is -0.905. The van der Waals surface area contributed by atoms with Crippen LogP contribution in [0, 0.1) is 22.2 Å². The Morgan fingerprint density at radius 3 is 1.83 bits per heavy atom. The Morgan fingerprint density at radius 1 is 0.913 bits per heavy atom. The van der Waals surface area contributed by atoms with Gasteiger partial charge in [0.05, 0.1) is 6.07 Å². The van der Waals surface area contributed by atoms with Gasteiger partial charge in [-0.15, -0.1) is 0 Å². The Morgan fingerprint density at radius 2 is 1.39 bits per heavy atom. The van der Waals surface area contributed by atoms with E-state index >= 15 is 0 Å². The number of ether oxygens (including phenoxy) is 1. The van der Waals surface area contributed by atoms with E-state index in [1.54, 1.807) is 0 Å². The van der Waals surface area contributed by atoms with Crippen molar-refractivity contribution in [2.24, 2.45) is 5.41 Å². The van der Waals surface area contributed by atoms with Crippen LogP contribution >= 0.6 is 0 Å². The van der Waals surface area contributed by atoms with Crippen molar-refractivity contribution < 1.29 is 4.74 Å². The summed E-state index contributed by atoms with van der Waals surface area (Å²) >= 11 is 0. The lowest BCUT2D eigenvalue weighted by Gasteiger charge is -2.52. The van der Waals surface area contributed by atoms with Crippen molar-refractivity contribution in [2.45, 2.75) is 30.8 Å². The van der Waals surface area contributed by atoms with Crippen LogP contribution in [0.2, 0.25) is 0 Å². The van der Waals surface area contributed by atoms with Crippen LogP contribution in [-0.2, 0) is 4.74 Å². The predicted molar refractivity (Wildman–Crippen MR) is 88.2 cm³/mol. The van der Waals surface area contributed by atoms with Crippen molar-refractivity contribution >= 4 is 5.90 Å². The molecule has 0 spiro atoms. The number of nitriles is 1. The highest BCUT2D eigenvalue weighted by Crippen LogP contribution is 2.59. The molecule has 2 bridgehead atoms. The van der Waals surface area contributed by atoms with E-state index in [-0.39, 0.29) is 23.8 Å². The van der Waals surface area contributed by atoms with Gasteiger partial charge in [0.2, 0.25) is 5.90 Å². The Kier molecular flexibility index (Phi) is 3.20. The zero-order valence-corrected chi connectivity index (χ0v) is 12.8. The van der Waals surface area contributed by atoms with Gasteiger partial charge in [-0.1, -0.05) is 60.7 Å². The second-order valence-electron chi connectivity index (χ2n) is 6.45. The quantitative estimate of drug-likeness (QED) is 0.902. The first-order chi connectivity index (χ1) is 11.3. The fraction of sp³-hybridized carbons (Fsp3) is 0.300. The SMILES string of the molecule is N#CC12C(=N)OC(C[C@@H]1c1ccccc1)C[C@@H]2c1ccccc1. The number of benzene rings is 2. The first kappa shape index (κ1) is 14.0. The molecule has 1 aliphatic carbocycles. The van der Waals surface area contributed by atoms with Crippen LogP contribution in [0.1, 0.15) is 35.8 Å². The van der Waals surface area contributed by atoms with Crippen molar-refractivity contribution in [2.75, 3.05) is 0 Å². The van der Waals surface area contributed by atoms with E-state index in [9.17, 15) is 5.26 Å². The standard InChI is InChI=1S/C20H18N2O/c21-13-20-17(14-7-3-1-4-8-14)11-16(23-19(20)22)12-18(20)15-9-5-2-6-10-15/h1-10,16-18,22H,11-12H2/t16?,17-,18-,20?/m1/s1. The van der Waals surface area contributed by atoms with Gasteiger partial charge in [0, 0.05) is 11.8 Å². The molecule has 0 unspecified atom stereocenters. The second-order valence-corrected chi connectivity index (χ2v) is 6.45. The molecule has 114 valence electrons. The summed E-state index contributed by atoms with van der Waals surface area (Å²) in [5.41, 5.74) is 1.36. The highest BCUT2D eigenvalue weighted by Gasteiger charge is 2.60. The van der Waals surface area contributed by atoms with Crippen LogP contribution in [-0.4, -0.2) is 12.0 Å². The van der Waals surface area contributed by atoms with Gasteiger partial charge in [-0.2, -0.15) is 5.26 Å². The van der Waals surface area contributed by atoms with E-state index in [2.05, 4.69) is 30.3 Å². The number of hydrogen-bond acceptors (Lipinski definition) is 3. The largest absolute Gasteiger partial charge is 0.477 e. The smallest absolute Gasteiger partial charge is 0.203 e. The first-order valence-electron chi connectivity index (χ1n) is 8.02. The van der Waals surface area contributed by atoms with E-state index in [0.29, 0.717) is 0 Å².